The van der Waals surface area contributed by atoms with Gasteiger partial charge in [0.25, 0.3) is 0 Å². The highest BCUT2D eigenvalue weighted by Crippen LogP contribution is 2.36. The summed E-state index contributed by atoms with van der Waals surface area (Å²) in [6, 6.07) is 0. The van der Waals surface area contributed by atoms with Gasteiger partial charge in [-0.15, -0.1) is 0 Å². The third kappa shape index (κ3) is 3.73. The molecule has 23 heavy (non-hydrogen) atoms. The second-order valence-corrected chi connectivity index (χ2v) is 6.83. The Balaban J connectivity index is 1.48. The van der Waals surface area contributed by atoms with Gasteiger partial charge in [-0.05, 0) is 6.42 Å². The monoisotopic (exact) mass is 322 g/mol. The van der Waals surface area contributed by atoms with Crippen LogP contribution in [0.4, 0.5) is 0 Å². The van der Waals surface area contributed by atoms with E-state index < -0.39 is 0 Å². The highest BCUT2D eigenvalue weighted by molar-refractivity contribution is 5.76. The average Bonchev–Trinajstić information content (AvgIpc) is 3.21. The van der Waals surface area contributed by atoms with E-state index in [4.69, 9.17) is 9.47 Å². The van der Waals surface area contributed by atoms with Crippen LogP contribution in [0, 0.1) is 0 Å². The van der Waals surface area contributed by atoms with Crippen LogP contribution >= 0.6 is 0 Å². The predicted molar refractivity (Wildman–Crippen MR) is 84.8 cm³/mol. The fourth-order valence-corrected chi connectivity index (χ4v) is 3.32. The number of amides is 1. The SMILES string of the molecule is CN(C)C(=O)COC1COC2(CCN(Cc3nccn3C)C2)C1. The number of likely N-dealkylation sites (tertiary alicyclic amines) is 1. The van der Waals surface area contributed by atoms with Crippen LogP contribution in [0.15, 0.2) is 12.4 Å². The molecule has 2 fully saturated rings. The van der Waals surface area contributed by atoms with Gasteiger partial charge in [0.15, 0.2) is 0 Å². The van der Waals surface area contributed by atoms with Gasteiger partial charge < -0.3 is 18.9 Å². The zero-order valence-electron chi connectivity index (χ0n) is 14.2. The first-order chi connectivity index (χ1) is 11.0. The summed E-state index contributed by atoms with van der Waals surface area (Å²) in [6.07, 6.45) is 5.70. The van der Waals surface area contributed by atoms with Crippen molar-refractivity contribution in [2.45, 2.75) is 31.1 Å². The number of aromatic nitrogens is 2. The van der Waals surface area contributed by atoms with Crippen molar-refractivity contribution in [2.75, 3.05) is 40.4 Å². The van der Waals surface area contributed by atoms with E-state index in [2.05, 4.69) is 14.5 Å². The average molecular weight is 322 g/mol. The molecule has 0 aromatic carbocycles. The molecule has 2 saturated heterocycles. The summed E-state index contributed by atoms with van der Waals surface area (Å²) >= 11 is 0. The number of rotatable bonds is 5. The number of nitrogens with zero attached hydrogens (tertiary/aromatic N) is 4. The first-order valence-corrected chi connectivity index (χ1v) is 8.12. The third-order valence-electron chi connectivity index (χ3n) is 4.80. The molecule has 2 aliphatic heterocycles. The van der Waals surface area contributed by atoms with Crippen molar-refractivity contribution in [1.82, 2.24) is 19.4 Å². The number of carbonyl (C=O) groups excluding carboxylic acids is 1. The van der Waals surface area contributed by atoms with Crippen molar-refractivity contribution >= 4 is 5.91 Å². The van der Waals surface area contributed by atoms with E-state index >= 15 is 0 Å². The van der Waals surface area contributed by atoms with Gasteiger partial charge >= 0.3 is 0 Å². The number of hydrogen-bond acceptors (Lipinski definition) is 5. The molecular formula is C16H26N4O3. The fourth-order valence-electron chi connectivity index (χ4n) is 3.32. The van der Waals surface area contributed by atoms with Gasteiger partial charge in [0, 0.05) is 53.0 Å². The molecule has 0 radical (unpaired) electrons. The molecule has 0 bridgehead atoms. The maximum atomic E-state index is 11.6. The molecule has 7 nitrogen and oxygen atoms in total. The Labute approximate surface area is 137 Å². The fraction of sp³-hybridized carbons (Fsp3) is 0.750. The lowest BCUT2D eigenvalue weighted by molar-refractivity contribution is -0.135. The van der Waals surface area contributed by atoms with Gasteiger partial charge in [-0.2, -0.15) is 0 Å². The lowest BCUT2D eigenvalue weighted by atomic mass is 9.98. The number of likely N-dealkylation sites (N-methyl/N-ethyl adjacent to an activating group) is 1. The third-order valence-corrected chi connectivity index (χ3v) is 4.80. The van der Waals surface area contributed by atoms with Crippen molar-refractivity contribution in [2.24, 2.45) is 7.05 Å². The van der Waals surface area contributed by atoms with Crippen molar-refractivity contribution in [1.29, 1.82) is 0 Å². The summed E-state index contributed by atoms with van der Waals surface area (Å²) < 4.78 is 13.8. The smallest absolute Gasteiger partial charge is 0.248 e. The van der Waals surface area contributed by atoms with Crippen molar-refractivity contribution in [3.63, 3.8) is 0 Å². The molecule has 7 heteroatoms. The Bertz CT molecular complexity index is 559. The normalized spacial score (nSPS) is 27.9. The van der Waals surface area contributed by atoms with Gasteiger partial charge in [-0.1, -0.05) is 0 Å². The quantitative estimate of drug-likeness (QED) is 0.778. The van der Waals surface area contributed by atoms with Crippen LogP contribution in [0.2, 0.25) is 0 Å². The molecule has 0 aliphatic carbocycles. The second-order valence-electron chi connectivity index (χ2n) is 6.83. The van der Waals surface area contributed by atoms with Crippen LogP contribution in [0.1, 0.15) is 18.7 Å². The summed E-state index contributed by atoms with van der Waals surface area (Å²) in [5.74, 6) is 1.07. The molecule has 0 N–H and O–H groups in total. The molecule has 1 aromatic rings. The summed E-state index contributed by atoms with van der Waals surface area (Å²) in [6.45, 7) is 3.47. The van der Waals surface area contributed by atoms with Crippen LogP contribution in [0.5, 0.6) is 0 Å². The van der Waals surface area contributed by atoms with Crippen LogP contribution in [-0.4, -0.2) is 77.4 Å². The van der Waals surface area contributed by atoms with Gasteiger partial charge in [-0.25, -0.2) is 4.98 Å². The number of carbonyl (C=O) groups is 1. The number of aryl methyl sites for hydroxylation is 1. The van der Waals surface area contributed by atoms with E-state index in [1.807, 2.05) is 19.4 Å². The maximum Gasteiger partial charge on any atom is 0.248 e. The van der Waals surface area contributed by atoms with Crippen LogP contribution in [0.3, 0.4) is 0 Å². The Kier molecular flexibility index (Phi) is 4.70. The molecule has 3 heterocycles. The first kappa shape index (κ1) is 16.4. The number of hydrogen-bond donors (Lipinski definition) is 0. The molecule has 1 aromatic heterocycles. The van der Waals surface area contributed by atoms with E-state index in [0.717, 1.165) is 38.3 Å². The molecule has 2 atom stereocenters. The first-order valence-electron chi connectivity index (χ1n) is 8.12. The van der Waals surface area contributed by atoms with E-state index in [0.29, 0.717) is 6.61 Å². The molecule has 1 amide bonds. The summed E-state index contributed by atoms with van der Waals surface area (Å²) in [5.41, 5.74) is -0.114. The molecule has 0 saturated carbocycles. The summed E-state index contributed by atoms with van der Waals surface area (Å²) in [5, 5.41) is 0. The maximum absolute atomic E-state index is 11.6. The van der Waals surface area contributed by atoms with Gasteiger partial charge in [-0.3, -0.25) is 9.69 Å². The van der Waals surface area contributed by atoms with Gasteiger partial charge in [0.2, 0.25) is 5.91 Å². The van der Waals surface area contributed by atoms with Crippen LogP contribution in [0.25, 0.3) is 0 Å². The Hall–Kier alpha value is -1.44. The van der Waals surface area contributed by atoms with Crippen molar-refractivity contribution in [3.8, 4) is 0 Å². The molecule has 2 unspecified atom stereocenters. The number of ether oxygens (including phenoxy) is 2. The minimum Gasteiger partial charge on any atom is -0.371 e. The molecule has 2 aliphatic rings. The molecule has 3 rings (SSSR count). The lowest BCUT2D eigenvalue weighted by Crippen LogP contribution is -2.34. The van der Waals surface area contributed by atoms with Crippen LogP contribution < -0.4 is 0 Å². The summed E-state index contributed by atoms with van der Waals surface area (Å²) in [4.78, 5) is 19.9. The van der Waals surface area contributed by atoms with E-state index in [-0.39, 0.29) is 24.2 Å². The van der Waals surface area contributed by atoms with Crippen LogP contribution in [-0.2, 0) is 27.9 Å². The highest BCUT2D eigenvalue weighted by atomic mass is 16.6. The highest BCUT2D eigenvalue weighted by Gasteiger charge is 2.46. The number of imidazole rings is 1. The molecular weight excluding hydrogens is 296 g/mol. The standard InChI is InChI=1S/C16H26N4O3/c1-18(2)15(21)11-22-13-8-16(23-10-13)4-6-20(12-16)9-14-17-5-7-19(14)3/h5,7,13H,4,6,8-12H2,1-3H3. The largest absolute Gasteiger partial charge is 0.371 e. The Morgan fingerprint density at radius 2 is 2.39 bits per heavy atom. The minimum atomic E-state index is -0.114. The topological polar surface area (TPSA) is 59.8 Å². The predicted octanol–water partition coefficient (Wildman–Crippen LogP) is 0.258. The molecule has 128 valence electrons. The second kappa shape index (κ2) is 6.59. The Morgan fingerprint density at radius 3 is 3.09 bits per heavy atom. The zero-order chi connectivity index (χ0) is 16.4. The molecule has 1 spiro atoms. The minimum absolute atomic E-state index is 0.00576. The lowest BCUT2D eigenvalue weighted by Gasteiger charge is -2.23. The van der Waals surface area contributed by atoms with E-state index in [9.17, 15) is 4.79 Å². The Morgan fingerprint density at radius 1 is 1.57 bits per heavy atom. The van der Waals surface area contributed by atoms with Gasteiger partial charge in [0.05, 0.1) is 24.9 Å². The van der Waals surface area contributed by atoms with E-state index in [1.54, 1.807) is 19.0 Å². The van der Waals surface area contributed by atoms with Crippen molar-refractivity contribution < 1.29 is 14.3 Å². The van der Waals surface area contributed by atoms with Crippen molar-refractivity contribution in [3.05, 3.63) is 18.2 Å². The summed E-state index contributed by atoms with van der Waals surface area (Å²) in [7, 11) is 5.50. The van der Waals surface area contributed by atoms with E-state index in [1.165, 1.54) is 0 Å². The van der Waals surface area contributed by atoms with Gasteiger partial charge in [0.1, 0.15) is 12.4 Å². The zero-order valence-corrected chi connectivity index (χ0v) is 14.2.